The molecule has 3 aromatic rings. The minimum Gasteiger partial charge on any atom is -0.486 e. The van der Waals surface area contributed by atoms with Crippen molar-refractivity contribution in [2.75, 3.05) is 18.5 Å². The summed E-state index contributed by atoms with van der Waals surface area (Å²) in [6.45, 7) is 1.05. The first-order chi connectivity index (χ1) is 12.2. The van der Waals surface area contributed by atoms with Crippen LogP contribution < -0.4 is 14.8 Å². The van der Waals surface area contributed by atoms with E-state index < -0.39 is 0 Å². The summed E-state index contributed by atoms with van der Waals surface area (Å²) in [5, 5.41) is 7.08. The molecule has 126 valence electrons. The normalized spacial score (nSPS) is 12.7. The molecule has 7 heteroatoms. The fourth-order valence-corrected chi connectivity index (χ4v) is 2.82. The molecular weight excluding hydrogens is 386 g/mol. The summed E-state index contributed by atoms with van der Waals surface area (Å²) in [7, 11) is 0. The molecule has 2 heterocycles. The Morgan fingerprint density at radius 1 is 1.08 bits per heavy atom. The maximum Gasteiger partial charge on any atom is 0.255 e. The van der Waals surface area contributed by atoms with Crippen LogP contribution in [0.4, 0.5) is 5.69 Å². The zero-order valence-corrected chi connectivity index (χ0v) is 14.7. The van der Waals surface area contributed by atoms with E-state index >= 15 is 0 Å². The van der Waals surface area contributed by atoms with Crippen molar-refractivity contribution < 1.29 is 14.3 Å². The molecule has 1 N–H and O–H groups in total. The molecule has 25 heavy (non-hydrogen) atoms. The first-order valence-electron chi connectivity index (χ1n) is 7.71. The fraction of sp³-hybridized carbons (Fsp3) is 0.111. The number of rotatable bonds is 3. The van der Waals surface area contributed by atoms with Crippen LogP contribution in [0, 0.1) is 0 Å². The molecule has 0 radical (unpaired) electrons. The number of nitrogens with zero attached hydrogens (tertiary/aromatic N) is 2. The molecule has 0 aliphatic carbocycles. The maximum atomic E-state index is 12.4. The highest BCUT2D eigenvalue weighted by Gasteiger charge is 2.13. The van der Waals surface area contributed by atoms with E-state index in [1.165, 1.54) is 0 Å². The van der Waals surface area contributed by atoms with Gasteiger partial charge in [-0.15, -0.1) is 0 Å². The number of nitrogens with one attached hydrogen (secondary N) is 1. The van der Waals surface area contributed by atoms with E-state index in [9.17, 15) is 4.79 Å². The van der Waals surface area contributed by atoms with Gasteiger partial charge in [0.1, 0.15) is 13.2 Å². The molecule has 1 aliphatic heterocycles. The molecule has 1 amide bonds. The minimum absolute atomic E-state index is 0.190. The lowest BCUT2D eigenvalue weighted by Crippen LogP contribution is -2.16. The third-order valence-electron chi connectivity index (χ3n) is 3.75. The maximum absolute atomic E-state index is 12.4. The molecule has 4 rings (SSSR count). The molecule has 0 bridgehead atoms. The van der Waals surface area contributed by atoms with Crippen molar-refractivity contribution in [3.8, 4) is 17.2 Å². The summed E-state index contributed by atoms with van der Waals surface area (Å²) in [6, 6.07) is 12.6. The Hall–Kier alpha value is -2.80. The lowest BCUT2D eigenvalue weighted by Gasteiger charge is -2.19. The first-order valence-corrected chi connectivity index (χ1v) is 8.50. The summed E-state index contributed by atoms with van der Waals surface area (Å²) in [5.74, 6) is 1.15. The number of hydrogen-bond acceptors (Lipinski definition) is 4. The van der Waals surface area contributed by atoms with Gasteiger partial charge in [0.05, 0.1) is 16.4 Å². The van der Waals surface area contributed by atoms with Crippen LogP contribution in [0.15, 0.2) is 59.3 Å². The molecule has 0 saturated heterocycles. The molecule has 0 unspecified atom stereocenters. The average Bonchev–Trinajstić information content (AvgIpc) is 3.08. The molecule has 1 aliphatic rings. The van der Waals surface area contributed by atoms with Crippen LogP contribution in [0.3, 0.4) is 0 Å². The quantitative estimate of drug-likeness (QED) is 0.729. The van der Waals surface area contributed by atoms with Crippen LogP contribution in [0.1, 0.15) is 10.4 Å². The second-order valence-corrected chi connectivity index (χ2v) is 6.38. The second kappa shape index (κ2) is 6.60. The van der Waals surface area contributed by atoms with Gasteiger partial charge in [-0.1, -0.05) is 0 Å². The highest BCUT2D eigenvalue weighted by atomic mass is 79.9. The van der Waals surface area contributed by atoms with Crippen LogP contribution in [0.2, 0.25) is 0 Å². The van der Waals surface area contributed by atoms with Crippen LogP contribution in [0.5, 0.6) is 11.5 Å². The number of carbonyl (C=O) groups is 1. The summed E-state index contributed by atoms with van der Waals surface area (Å²) in [6.07, 6.45) is 3.56. The predicted molar refractivity (Wildman–Crippen MR) is 96.6 cm³/mol. The standard InChI is InChI=1S/C18H14BrN3O3/c19-13-10-20-22(11-13)15-4-1-12(2-5-15)18(23)21-14-3-6-16-17(9-14)25-8-7-24-16/h1-6,9-11H,7-8H2,(H,21,23). The molecule has 0 spiro atoms. The number of halogens is 1. The van der Waals surface area contributed by atoms with Crippen LogP contribution in [0.25, 0.3) is 5.69 Å². The van der Waals surface area contributed by atoms with Crippen molar-refractivity contribution in [1.29, 1.82) is 0 Å². The highest BCUT2D eigenvalue weighted by molar-refractivity contribution is 9.10. The Morgan fingerprint density at radius 2 is 1.84 bits per heavy atom. The van der Waals surface area contributed by atoms with Gasteiger partial charge in [0.2, 0.25) is 0 Å². The van der Waals surface area contributed by atoms with Crippen molar-refractivity contribution in [3.63, 3.8) is 0 Å². The van der Waals surface area contributed by atoms with E-state index in [0.29, 0.717) is 36.0 Å². The van der Waals surface area contributed by atoms with Crippen molar-refractivity contribution >= 4 is 27.5 Å². The van der Waals surface area contributed by atoms with E-state index in [4.69, 9.17) is 9.47 Å². The predicted octanol–water partition coefficient (Wildman–Crippen LogP) is 3.66. The van der Waals surface area contributed by atoms with Gasteiger partial charge in [-0.2, -0.15) is 5.10 Å². The van der Waals surface area contributed by atoms with E-state index in [-0.39, 0.29) is 5.91 Å². The van der Waals surface area contributed by atoms with E-state index in [2.05, 4.69) is 26.3 Å². The van der Waals surface area contributed by atoms with Crippen molar-refractivity contribution in [2.45, 2.75) is 0 Å². The van der Waals surface area contributed by atoms with E-state index in [0.717, 1.165) is 10.2 Å². The molecule has 0 saturated carbocycles. The Bertz CT molecular complexity index is 922. The third kappa shape index (κ3) is 3.36. The van der Waals surface area contributed by atoms with Gasteiger partial charge < -0.3 is 14.8 Å². The molecule has 1 aromatic heterocycles. The monoisotopic (exact) mass is 399 g/mol. The van der Waals surface area contributed by atoms with Crippen molar-refractivity contribution in [2.24, 2.45) is 0 Å². The Morgan fingerprint density at radius 3 is 2.56 bits per heavy atom. The number of amides is 1. The molecule has 2 aromatic carbocycles. The number of hydrogen-bond donors (Lipinski definition) is 1. The SMILES string of the molecule is O=C(Nc1ccc2c(c1)OCCO2)c1ccc(-n2cc(Br)cn2)cc1. The molecule has 0 fully saturated rings. The number of ether oxygens (including phenoxy) is 2. The summed E-state index contributed by atoms with van der Waals surface area (Å²) in [4.78, 5) is 12.4. The van der Waals surface area contributed by atoms with Crippen molar-refractivity contribution in [3.05, 3.63) is 64.9 Å². The Kier molecular flexibility index (Phi) is 4.15. The number of aromatic nitrogens is 2. The van der Waals surface area contributed by atoms with Gasteiger partial charge >= 0.3 is 0 Å². The smallest absolute Gasteiger partial charge is 0.255 e. The molecule has 6 nitrogen and oxygen atoms in total. The number of carbonyl (C=O) groups excluding carboxylic acids is 1. The number of benzene rings is 2. The minimum atomic E-state index is -0.190. The largest absolute Gasteiger partial charge is 0.486 e. The zero-order valence-electron chi connectivity index (χ0n) is 13.1. The molecular formula is C18H14BrN3O3. The Labute approximate surface area is 152 Å². The summed E-state index contributed by atoms with van der Waals surface area (Å²) in [5.41, 5.74) is 2.10. The fourth-order valence-electron chi connectivity index (χ4n) is 2.53. The van der Waals surface area contributed by atoms with Gasteiger partial charge in [0, 0.05) is 23.5 Å². The third-order valence-corrected chi connectivity index (χ3v) is 4.15. The van der Waals surface area contributed by atoms with Crippen LogP contribution >= 0.6 is 15.9 Å². The number of anilines is 1. The first kappa shape index (κ1) is 15.7. The Balaban J connectivity index is 1.49. The topological polar surface area (TPSA) is 65.4 Å². The van der Waals surface area contributed by atoms with Gasteiger partial charge in [0.15, 0.2) is 11.5 Å². The lowest BCUT2D eigenvalue weighted by molar-refractivity contribution is 0.102. The van der Waals surface area contributed by atoms with E-state index in [1.807, 2.05) is 18.3 Å². The van der Waals surface area contributed by atoms with Gasteiger partial charge in [-0.3, -0.25) is 4.79 Å². The molecule has 0 atom stereocenters. The van der Waals surface area contributed by atoms with E-state index in [1.54, 1.807) is 41.2 Å². The second-order valence-electron chi connectivity index (χ2n) is 5.46. The van der Waals surface area contributed by atoms with Crippen molar-refractivity contribution in [1.82, 2.24) is 9.78 Å². The summed E-state index contributed by atoms with van der Waals surface area (Å²) < 4.78 is 13.6. The van der Waals surface area contributed by atoms with Crippen LogP contribution in [-0.4, -0.2) is 28.9 Å². The highest BCUT2D eigenvalue weighted by Crippen LogP contribution is 2.32. The number of fused-ring (bicyclic) bond motifs is 1. The lowest BCUT2D eigenvalue weighted by atomic mass is 10.2. The summed E-state index contributed by atoms with van der Waals surface area (Å²) >= 11 is 3.36. The van der Waals surface area contributed by atoms with Gasteiger partial charge in [-0.25, -0.2) is 4.68 Å². The van der Waals surface area contributed by atoms with Gasteiger partial charge in [-0.05, 0) is 52.3 Å². The zero-order chi connectivity index (χ0) is 17.2. The van der Waals surface area contributed by atoms with Crippen LogP contribution in [-0.2, 0) is 0 Å². The average molecular weight is 400 g/mol. The van der Waals surface area contributed by atoms with Gasteiger partial charge in [0.25, 0.3) is 5.91 Å².